The fraction of sp³-hybridized carbons (Fsp3) is 0.536. The Morgan fingerprint density at radius 2 is 1.65 bits per heavy atom. The average molecular weight is 511 g/mol. The van der Waals surface area contributed by atoms with Gasteiger partial charge in [0.1, 0.15) is 29.0 Å². The van der Waals surface area contributed by atoms with Crippen molar-refractivity contribution < 1.29 is 34.3 Å². The Kier molecular flexibility index (Phi) is 5.26. The largest absolute Gasteiger partial charge is 0.508 e. The van der Waals surface area contributed by atoms with E-state index >= 15 is 0 Å². The summed E-state index contributed by atoms with van der Waals surface area (Å²) in [5, 5.41) is 34.1. The van der Waals surface area contributed by atoms with Crippen molar-refractivity contribution in [1.82, 2.24) is 0 Å². The van der Waals surface area contributed by atoms with Crippen LogP contribution >= 0.6 is 0 Å². The second kappa shape index (κ2) is 7.99. The molecule has 4 aliphatic heterocycles. The van der Waals surface area contributed by atoms with Gasteiger partial charge in [0.05, 0.1) is 52.5 Å². The Hall–Kier alpha value is -3.01. The van der Waals surface area contributed by atoms with Gasteiger partial charge in [0.15, 0.2) is 0 Å². The number of benzene rings is 2. The van der Waals surface area contributed by atoms with Crippen LogP contribution in [0.4, 0.5) is 17.1 Å². The van der Waals surface area contributed by atoms with Crippen LogP contribution in [-0.4, -0.2) is 62.9 Å². The molecule has 5 unspecified atom stereocenters. The molecule has 0 aromatic heterocycles. The SMILES string of the molecule is CC1(C)CC(CC2(C)CC(CC3(C)OC3CN3C(=O)c4cccc(O)c4Nc4c(O)cc(O)cc43)O2)O1. The van der Waals surface area contributed by atoms with Gasteiger partial charge >= 0.3 is 0 Å². The number of epoxide rings is 1. The molecule has 0 spiro atoms. The number of anilines is 3. The molecule has 0 radical (unpaired) electrons. The lowest BCUT2D eigenvalue weighted by molar-refractivity contribution is -0.254. The van der Waals surface area contributed by atoms with Crippen molar-refractivity contribution in [2.45, 2.75) is 88.5 Å². The lowest BCUT2D eigenvalue weighted by Gasteiger charge is -2.52. The molecule has 1 amide bonds. The maximum atomic E-state index is 13.6. The van der Waals surface area contributed by atoms with E-state index in [2.05, 4.69) is 26.1 Å². The molecule has 0 aliphatic carbocycles. The highest BCUT2D eigenvalue weighted by atomic mass is 16.6. The molecule has 4 N–H and O–H groups in total. The smallest absolute Gasteiger partial charge is 0.260 e. The Balaban J connectivity index is 1.16. The highest BCUT2D eigenvalue weighted by Gasteiger charge is 2.58. The molecule has 4 heterocycles. The maximum Gasteiger partial charge on any atom is 0.260 e. The van der Waals surface area contributed by atoms with Gasteiger partial charge in [0.25, 0.3) is 5.91 Å². The summed E-state index contributed by atoms with van der Waals surface area (Å²) in [6, 6.07) is 7.29. The van der Waals surface area contributed by atoms with E-state index in [0.717, 1.165) is 19.3 Å². The molecule has 2 aromatic carbocycles. The molecular weight excluding hydrogens is 476 g/mol. The first-order valence-electron chi connectivity index (χ1n) is 12.9. The second-order valence-corrected chi connectivity index (χ2v) is 12.0. The molecule has 4 aliphatic rings. The van der Waals surface area contributed by atoms with Gasteiger partial charge in [0, 0.05) is 37.8 Å². The molecule has 0 saturated carbocycles. The van der Waals surface area contributed by atoms with E-state index in [0.29, 0.717) is 12.1 Å². The number of aromatic hydroxyl groups is 3. The number of amides is 1. The predicted octanol–water partition coefficient (Wildman–Crippen LogP) is 4.56. The van der Waals surface area contributed by atoms with Gasteiger partial charge in [0.2, 0.25) is 0 Å². The summed E-state index contributed by atoms with van der Waals surface area (Å²) in [6.07, 6.45) is 3.65. The number of phenolic OH excluding ortho intramolecular Hbond substituents is 3. The van der Waals surface area contributed by atoms with Crippen LogP contribution < -0.4 is 10.2 Å². The number of fused-ring (bicyclic) bond motifs is 2. The first-order valence-corrected chi connectivity index (χ1v) is 12.9. The third-order valence-electron chi connectivity index (χ3n) is 8.13. The minimum atomic E-state index is -0.457. The molecule has 3 saturated heterocycles. The molecule has 37 heavy (non-hydrogen) atoms. The number of nitrogens with zero attached hydrogens (tertiary/aromatic N) is 1. The maximum absolute atomic E-state index is 13.6. The van der Waals surface area contributed by atoms with Crippen LogP contribution in [0.5, 0.6) is 17.2 Å². The summed E-state index contributed by atoms with van der Waals surface area (Å²) in [7, 11) is 0. The van der Waals surface area contributed by atoms with Crippen LogP contribution in [0.25, 0.3) is 0 Å². The first-order chi connectivity index (χ1) is 17.3. The van der Waals surface area contributed by atoms with Crippen molar-refractivity contribution in [1.29, 1.82) is 0 Å². The molecule has 2 aromatic rings. The number of ether oxygens (including phenoxy) is 3. The number of para-hydroxylation sites is 1. The molecule has 198 valence electrons. The van der Waals surface area contributed by atoms with Gasteiger partial charge in [-0.1, -0.05) is 6.07 Å². The fourth-order valence-electron chi connectivity index (χ4n) is 6.37. The number of carbonyl (C=O) groups is 1. The normalized spacial score (nSPS) is 33.4. The quantitative estimate of drug-likeness (QED) is 0.253. The van der Waals surface area contributed by atoms with Crippen LogP contribution in [0.2, 0.25) is 0 Å². The molecular formula is C28H34N2O7. The summed E-state index contributed by atoms with van der Waals surface area (Å²) >= 11 is 0. The third kappa shape index (κ3) is 4.28. The van der Waals surface area contributed by atoms with Crippen LogP contribution in [0.1, 0.15) is 63.7 Å². The van der Waals surface area contributed by atoms with Gasteiger partial charge < -0.3 is 39.7 Å². The van der Waals surface area contributed by atoms with Gasteiger partial charge in [-0.2, -0.15) is 0 Å². The van der Waals surface area contributed by atoms with Gasteiger partial charge in [-0.3, -0.25) is 4.79 Å². The summed E-state index contributed by atoms with van der Waals surface area (Å²) in [6.45, 7) is 8.59. The Morgan fingerprint density at radius 3 is 2.35 bits per heavy atom. The highest BCUT2D eigenvalue weighted by molar-refractivity contribution is 6.15. The summed E-state index contributed by atoms with van der Waals surface area (Å²) in [5.41, 5.74) is 0.341. The number of rotatable bonds is 6. The van der Waals surface area contributed by atoms with Gasteiger partial charge in [-0.05, 0) is 39.8 Å². The molecule has 6 rings (SSSR count). The number of phenols is 3. The van der Waals surface area contributed by atoms with Crippen LogP contribution in [-0.2, 0) is 14.2 Å². The van der Waals surface area contributed by atoms with E-state index in [1.807, 2.05) is 6.92 Å². The minimum Gasteiger partial charge on any atom is -0.508 e. The van der Waals surface area contributed by atoms with Gasteiger partial charge in [-0.25, -0.2) is 0 Å². The molecule has 0 bridgehead atoms. The van der Waals surface area contributed by atoms with Crippen molar-refractivity contribution in [3.8, 4) is 17.2 Å². The van der Waals surface area contributed by atoms with Crippen molar-refractivity contribution >= 4 is 23.0 Å². The van der Waals surface area contributed by atoms with E-state index in [4.69, 9.17) is 14.2 Å². The zero-order chi connectivity index (χ0) is 26.3. The van der Waals surface area contributed by atoms with E-state index < -0.39 is 5.60 Å². The average Bonchev–Trinajstić information content (AvgIpc) is 3.42. The number of hydrogen-bond donors (Lipinski definition) is 4. The molecule has 5 atom stereocenters. The summed E-state index contributed by atoms with van der Waals surface area (Å²) in [5.74, 6) is -0.883. The Morgan fingerprint density at radius 1 is 0.946 bits per heavy atom. The zero-order valence-corrected chi connectivity index (χ0v) is 21.6. The van der Waals surface area contributed by atoms with E-state index in [-0.39, 0.29) is 76.2 Å². The number of nitrogens with one attached hydrogen (secondary N) is 1. The standard InChI is InChI=1S/C28H34N2O7/c1-26(2)10-16(35-26)11-27(3)12-17(36-27)13-28(4)22(37-28)14-30-19-8-15(31)9-21(33)24(19)29-23-18(25(30)34)6-5-7-20(23)32/h5-9,16-17,22,29,31-33H,10-14H2,1-4H3. The number of hydrogen-bond acceptors (Lipinski definition) is 8. The summed E-state index contributed by atoms with van der Waals surface area (Å²) < 4.78 is 18.4. The van der Waals surface area contributed by atoms with E-state index in [9.17, 15) is 20.1 Å². The first kappa shape index (κ1) is 24.3. The lowest BCUT2D eigenvalue weighted by atomic mass is 9.78. The van der Waals surface area contributed by atoms with Crippen molar-refractivity contribution in [2.24, 2.45) is 0 Å². The summed E-state index contributed by atoms with van der Waals surface area (Å²) in [4.78, 5) is 15.1. The molecule has 3 fully saturated rings. The van der Waals surface area contributed by atoms with Crippen molar-refractivity contribution in [2.75, 3.05) is 16.8 Å². The highest BCUT2D eigenvalue weighted by Crippen LogP contribution is 2.51. The predicted molar refractivity (Wildman–Crippen MR) is 137 cm³/mol. The fourth-order valence-corrected chi connectivity index (χ4v) is 6.37. The van der Waals surface area contributed by atoms with Crippen molar-refractivity contribution in [3.63, 3.8) is 0 Å². The lowest BCUT2D eigenvalue weighted by Crippen LogP contribution is -2.55. The minimum absolute atomic E-state index is 0.0293. The number of carbonyl (C=O) groups excluding carboxylic acids is 1. The zero-order valence-electron chi connectivity index (χ0n) is 21.6. The van der Waals surface area contributed by atoms with Crippen LogP contribution in [0.15, 0.2) is 30.3 Å². The Bertz CT molecular complexity index is 1260. The second-order valence-electron chi connectivity index (χ2n) is 12.0. The van der Waals surface area contributed by atoms with Crippen LogP contribution in [0, 0.1) is 0 Å². The van der Waals surface area contributed by atoms with Crippen molar-refractivity contribution in [3.05, 3.63) is 35.9 Å². The van der Waals surface area contributed by atoms with E-state index in [1.54, 1.807) is 12.1 Å². The Labute approximate surface area is 215 Å². The van der Waals surface area contributed by atoms with Gasteiger partial charge in [-0.15, -0.1) is 0 Å². The third-order valence-corrected chi connectivity index (χ3v) is 8.13. The molecule has 9 heteroatoms. The van der Waals surface area contributed by atoms with Crippen LogP contribution in [0.3, 0.4) is 0 Å². The molecule has 9 nitrogen and oxygen atoms in total. The topological polar surface area (TPSA) is 124 Å². The monoisotopic (exact) mass is 510 g/mol. The van der Waals surface area contributed by atoms with E-state index in [1.165, 1.54) is 23.1 Å².